The monoisotopic (exact) mass is 284 g/mol. The molecular weight excluding hydrogens is 248 g/mol. The van der Waals surface area contributed by atoms with Crippen molar-refractivity contribution in [2.75, 3.05) is 13.2 Å². The number of unbranched alkanes of at least 4 members (excludes halogenated alkanes) is 10. The normalized spacial score (nSPS) is 10.9. The lowest BCUT2D eigenvalue weighted by atomic mass is 10.1. The molecule has 0 spiro atoms. The molecule has 0 saturated carbocycles. The molecule has 0 rings (SSSR count). The minimum atomic E-state index is 0.939. The Hall–Kier alpha value is -0.0831. The Balaban J connectivity index is 2.89. The van der Waals surface area contributed by atoms with Crippen molar-refractivity contribution in [1.82, 2.24) is 0 Å². The van der Waals surface area contributed by atoms with Gasteiger partial charge in [0.1, 0.15) is 0 Å². The van der Waals surface area contributed by atoms with Crippen molar-refractivity contribution in [3.8, 4) is 0 Å². The van der Waals surface area contributed by atoms with Crippen molar-refractivity contribution < 1.29 is 4.74 Å². The summed E-state index contributed by atoms with van der Waals surface area (Å²) >= 11 is 0. The van der Waals surface area contributed by atoms with E-state index >= 15 is 0 Å². The van der Waals surface area contributed by atoms with Crippen LogP contribution in [0.15, 0.2) is 12.7 Å². The first-order valence-electron chi connectivity index (χ1n) is 8.60. The molecular formula is C17H36OSi. The first-order chi connectivity index (χ1) is 9.41. The van der Waals surface area contributed by atoms with E-state index in [0.717, 1.165) is 19.6 Å². The molecule has 0 radical (unpaired) electrons. The van der Waals surface area contributed by atoms with E-state index in [-0.39, 0.29) is 0 Å². The summed E-state index contributed by atoms with van der Waals surface area (Å²) in [6.45, 7) is 5.63. The van der Waals surface area contributed by atoms with Crippen molar-refractivity contribution in [2.45, 2.75) is 83.1 Å². The molecule has 0 atom stereocenters. The van der Waals surface area contributed by atoms with E-state index in [2.05, 4.69) is 6.58 Å². The maximum absolute atomic E-state index is 5.62. The van der Waals surface area contributed by atoms with E-state index in [1.807, 2.05) is 6.08 Å². The highest BCUT2D eigenvalue weighted by molar-refractivity contribution is 6.08. The average Bonchev–Trinajstić information content (AvgIpc) is 2.43. The topological polar surface area (TPSA) is 9.23 Å². The number of hydrogen-bond acceptors (Lipinski definition) is 1. The number of allylic oxidation sites excluding steroid dienone is 1. The van der Waals surface area contributed by atoms with Crippen LogP contribution in [0.2, 0.25) is 6.04 Å². The standard InChI is InChI=1S/C17H36OSi/c1-2-3-4-12-15-18-16-13-10-8-6-5-7-9-11-14-17-19/h2H,1,3-17H2,19H3. The summed E-state index contributed by atoms with van der Waals surface area (Å²) in [4.78, 5) is 0. The van der Waals surface area contributed by atoms with E-state index in [4.69, 9.17) is 4.74 Å². The van der Waals surface area contributed by atoms with E-state index in [9.17, 15) is 0 Å². The first-order valence-corrected chi connectivity index (χ1v) is 10.0. The Morgan fingerprint density at radius 2 is 1.16 bits per heavy atom. The third-order valence-corrected chi connectivity index (χ3v) is 4.30. The van der Waals surface area contributed by atoms with Crippen LogP contribution in [-0.2, 0) is 4.74 Å². The zero-order valence-electron chi connectivity index (χ0n) is 13.3. The van der Waals surface area contributed by atoms with Crippen molar-refractivity contribution >= 4 is 10.2 Å². The fourth-order valence-corrected chi connectivity index (χ4v) is 2.79. The fraction of sp³-hybridized carbons (Fsp3) is 0.882. The zero-order chi connectivity index (χ0) is 14.0. The summed E-state index contributed by atoms with van der Waals surface area (Å²) < 4.78 is 5.62. The molecule has 0 aromatic heterocycles. The molecule has 114 valence electrons. The predicted molar refractivity (Wildman–Crippen MR) is 91.2 cm³/mol. The Kier molecular flexibility index (Phi) is 17.8. The van der Waals surface area contributed by atoms with Gasteiger partial charge in [0.05, 0.1) is 0 Å². The van der Waals surface area contributed by atoms with Crippen LogP contribution >= 0.6 is 0 Å². The second kappa shape index (κ2) is 17.9. The van der Waals surface area contributed by atoms with E-state index in [1.165, 1.54) is 86.9 Å². The molecule has 1 nitrogen and oxygen atoms in total. The quantitative estimate of drug-likeness (QED) is 0.228. The van der Waals surface area contributed by atoms with Crippen LogP contribution < -0.4 is 0 Å². The highest BCUT2D eigenvalue weighted by Gasteiger charge is 1.93. The van der Waals surface area contributed by atoms with E-state index in [0.29, 0.717) is 0 Å². The first kappa shape index (κ1) is 18.9. The van der Waals surface area contributed by atoms with Crippen LogP contribution in [0, 0.1) is 0 Å². The molecule has 0 aromatic rings. The fourth-order valence-electron chi connectivity index (χ4n) is 2.29. The minimum absolute atomic E-state index is 0.939. The summed E-state index contributed by atoms with van der Waals surface area (Å²) in [5.74, 6) is 0. The van der Waals surface area contributed by atoms with Gasteiger partial charge in [-0.1, -0.05) is 63.5 Å². The van der Waals surface area contributed by atoms with Crippen molar-refractivity contribution in [3.05, 3.63) is 12.7 Å². The van der Waals surface area contributed by atoms with Gasteiger partial charge in [-0.15, -0.1) is 6.58 Å². The van der Waals surface area contributed by atoms with Gasteiger partial charge in [0, 0.05) is 23.5 Å². The van der Waals surface area contributed by atoms with Gasteiger partial charge >= 0.3 is 0 Å². The Morgan fingerprint density at radius 3 is 1.68 bits per heavy atom. The second-order valence-electron chi connectivity index (χ2n) is 5.58. The minimum Gasteiger partial charge on any atom is -0.381 e. The van der Waals surface area contributed by atoms with E-state index in [1.54, 1.807) is 0 Å². The van der Waals surface area contributed by atoms with Crippen LogP contribution in [0.1, 0.15) is 77.0 Å². The van der Waals surface area contributed by atoms with Crippen LogP contribution in [0.5, 0.6) is 0 Å². The summed E-state index contributed by atoms with van der Waals surface area (Å²) in [5.41, 5.74) is 0. The number of rotatable bonds is 16. The van der Waals surface area contributed by atoms with Crippen LogP contribution in [0.3, 0.4) is 0 Å². The summed E-state index contributed by atoms with van der Waals surface area (Å²) in [5, 5.41) is 0. The molecule has 2 heteroatoms. The van der Waals surface area contributed by atoms with Gasteiger partial charge in [-0.3, -0.25) is 0 Å². The van der Waals surface area contributed by atoms with E-state index < -0.39 is 0 Å². The van der Waals surface area contributed by atoms with Crippen LogP contribution in [-0.4, -0.2) is 23.5 Å². The third kappa shape index (κ3) is 17.9. The molecule has 0 amide bonds. The van der Waals surface area contributed by atoms with Crippen LogP contribution in [0.4, 0.5) is 0 Å². The van der Waals surface area contributed by atoms with Crippen molar-refractivity contribution in [2.24, 2.45) is 0 Å². The highest BCUT2D eigenvalue weighted by atomic mass is 28.1. The molecule has 0 fully saturated rings. The second-order valence-corrected chi connectivity index (χ2v) is 6.58. The molecule has 0 aliphatic heterocycles. The molecule has 19 heavy (non-hydrogen) atoms. The lowest BCUT2D eigenvalue weighted by Crippen LogP contribution is -1.96. The molecule has 0 unspecified atom stereocenters. The average molecular weight is 285 g/mol. The van der Waals surface area contributed by atoms with Crippen LogP contribution in [0.25, 0.3) is 0 Å². The molecule has 0 heterocycles. The van der Waals surface area contributed by atoms with Gasteiger partial charge in [-0.25, -0.2) is 0 Å². The summed E-state index contributed by atoms with van der Waals surface area (Å²) in [6, 6.07) is 1.49. The summed E-state index contributed by atoms with van der Waals surface area (Å²) in [7, 11) is 1.39. The molecule has 0 bridgehead atoms. The Morgan fingerprint density at radius 1 is 0.684 bits per heavy atom. The summed E-state index contributed by atoms with van der Waals surface area (Å²) in [6.07, 6.45) is 18.3. The number of ether oxygens (including phenoxy) is 1. The Bertz CT molecular complexity index is 171. The lowest BCUT2D eigenvalue weighted by Gasteiger charge is -2.04. The number of hydrogen-bond donors (Lipinski definition) is 0. The molecule has 0 aromatic carbocycles. The van der Waals surface area contributed by atoms with Crippen molar-refractivity contribution in [3.63, 3.8) is 0 Å². The largest absolute Gasteiger partial charge is 0.381 e. The SMILES string of the molecule is C=CCCCCOCCCCCCCCCCC[SiH3]. The van der Waals surface area contributed by atoms with Gasteiger partial charge in [-0.2, -0.15) is 0 Å². The maximum Gasteiger partial charge on any atom is 0.0466 e. The predicted octanol–water partition coefficient (Wildman–Crippen LogP) is 4.65. The molecule has 0 aliphatic carbocycles. The molecule has 0 aliphatic rings. The lowest BCUT2D eigenvalue weighted by molar-refractivity contribution is 0.126. The van der Waals surface area contributed by atoms with Gasteiger partial charge < -0.3 is 4.74 Å². The zero-order valence-corrected chi connectivity index (χ0v) is 15.3. The van der Waals surface area contributed by atoms with Gasteiger partial charge in [0.25, 0.3) is 0 Å². The van der Waals surface area contributed by atoms with Gasteiger partial charge in [0.15, 0.2) is 0 Å². The van der Waals surface area contributed by atoms with Gasteiger partial charge in [-0.05, 0) is 25.7 Å². The maximum atomic E-state index is 5.62. The Labute approximate surface area is 124 Å². The highest BCUT2D eigenvalue weighted by Crippen LogP contribution is 2.10. The molecule has 0 saturated heterocycles. The van der Waals surface area contributed by atoms with Crippen molar-refractivity contribution in [1.29, 1.82) is 0 Å². The third-order valence-electron chi connectivity index (χ3n) is 3.59. The van der Waals surface area contributed by atoms with Gasteiger partial charge in [0.2, 0.25) is 0 Å². The smallest absolute Gasteiger partial charge is 0.0466 e. The molecule has 0 N–H and O–H groups in total.